The summed E-state index contributed by atoms with van der Waals surface area (Å²) < 4.78 is 68.4. The largest absolute Gasteiger partial charge is 0.472 e. The Kier molecular flexibility index (Phi) is 71.0. The van der Waals surface area contributed by atoms with E-state index in [1.165, 1.54) is 70.6 Å². The molecule has 5 atom stereocenters. The lowest BCUT2D eigenvalue weighted by Gasteiger charge is -2.21. The maximum Gasteiger partial charge on any atom is 0.472 e. The van der Waals surface area contributed by atoms with E-state index in [-0.39, 0.29) is 25.7 Å². The van der Waals surface area contributed by atoms with Gasteiger partial charge in [-0.3, -0.25) is 37.3 Å². The number of carbonyl (C=O) groups is 4. The SMILES string of the molecule is CC/C=C\C/C=C\C/C=C\C/C=C\C/C=C\CCCCCC(=O)OC[C@H](COP(=O)(O)OC[C@@H](O)COP(=O)(O)OC[C@@H](COC(=O)CCCCCCC/C=C\CCCCCC)OC(=O)CCC/C=C\C/C=C\C/C=C\C/C=C\CCCCC)OC(=O)CCCCCCC/C=C\CCCCCC. The van der Waals surface area contributed by atoms with Crippen LogP contribution in [-0.2, 0) is 65.4 Å². The van der Waals surface area contributed by atoms with Crippen LogP contribution in [0, 0.1) is 0 Å². The average molecular weight is 1470 g/mol. The maximum atomic E-state index is 13.1. The van der Waals surface area contributed by atoms with Gasteiger partial charge < -0.3 is 33.8 Å². The first-order chi connectivity index (χ1) is 49.7. The lowest BCUT2D eigenvalue weighted by molar-refractivity contribution is -0.161. The monoisotopic (exact) mass is 1470 g/mol. The van der Waals surface area contributed by atoms with E-state index in [9.17, 15) is 43.2 Å². The fourth-order valence-electron chi connectivity index (χ4n) is 10.1. The number of aliphatic hydroxyl groups excluding tert-OH is 1. The zero-order valence-electron chi connectivity index (χ0n) is 63.7. The number of hydrogen-bond donors (Lipinski definition) is 3. The molecule has 0 fully saturated rings. The Labute approximate surface area is 618 Å². The van der Waals surface area contributed by atoms with E-state index in [1.54, 1.807) is 0 Å². The van der Waals surface area contributed by atoms with Crippen LogP contribution in [0.25, 0.3) is 0 Å². The van der Waals surface area contributed by atoms with Gasteiger partial charge in [0.1, 0.15) is 19.3 Å². The molecular formula is C83H140O17P2. The summed E-state index contributed by atoms with van der Waals surface area (Å²) in [5.41, 5.74) is 0. The van der Waals surface area contributed by atoms with Gasteiger partial charge in [0.05, 0.1) is 26.4 Å². The molecular weight excluding hydrogens is 1330 g/mol. The summed E-state index contributed by atoms with van der Waals surface area (Å²) in [6.07, 6.45) is 83.0. The molecule has 17 nitrogen and oxygen atoms in total. The molecule has 0 radical (unpaired) electrons. The second kappa shape index (κ2) is 74.5. The summed E-state index contributed by atoms with van der Waals surface area (Å²) in [6, 6.07) is 0. The first kappa shape index (κ1) is 97.2. The Balaban J connectivity index is 5.43. The van der Waals surface area contributed by atoms with Crippen LogP contribution in [0.4, 0.5) is 0 Å². The maximum absolute atomic E-state index is 13.1. The van der Waals surface area contributed by atoms with Crippen molar-refractivity contribution in [1.29, 1.82) is 0 Å². The van der Waals surface area contributed by atoms with E-state index in [2.05, 4.69) is 149 Å². The molecule has 0 aromatic carbocycles. The molecule has 0 amide bonds. The molecule has 0 aliphatic rings. The van der Waals surface area contributed by atoms with Gasteiger partial charge in [-0.15, -0.1) is 0 Å². The number of phosphoric acid groups is 2. The molecule has 0 rings (SSSR count). The fraction of sp³-hybridized carbons (Fsp3) is 0.687. The molecule has 0 aromatic heterocycles. The minimum Gasteiger partial charge on any atom is -0.462 e. The highest BCUT2D eigenvalue weighted by molar-refractivity contribution is 7.47. The second-order valence-electron chi connectivity index (χ2n) is 25.9. The van der Waals surface area contributed by atoms with Gasteiger partial charge in [0.15, 0.2) is 12.2 Å². The van der Waals surface area contributed by atoms with Gasteiger partial charge in [0.2, 0.25) is 0 Å². The lowest BCUT2D eigenvalue weighted by atomic mass is 10.1. The molecule has 0 aliphatic heterocycles. The molecule has 2 unspecified atom stereocenters. The average Bonchev–Trinajstić information content (AvgIpc) is 0.908. The summed E-state index contributed by atoms with van der Waals surface area (Å²) in [5.74, 6) is -2.30. The van der Waals surface area contributed by atoms with Gasteiger partial charge >= 0.3 is 39.5 Å². The van der Waals surface area contributed by atoms with Crippen molar-refractivity contribution >= 4 is 39.5 Å². The van der Waals surface area contributed by atoms with Crippen molar-refractivity contribution < 1.29 is 80.2 Å². The van der Waals surface area contributed by atoms with E-state index in [1.807, 2.05) is 12.2 Å². The predicted molar refractivity (Wildman–Crippen MR) is 418 cm³/mol. The summed E-state index contributed by atoms with van der Waals surface area (Å²) in [5, 5.41) is 10.6. The molecule has 0 aliphatic carbocycles. The van der Waals surface area contributed by atoms with Crippen LogP contribution >= 0.6 is 15.6 Å². The molecule has 102 heavy (non-hydrogen) atoms. The van der Waals surface area contributed by atoms with Crippen molar-refractivity contribution in [2.24, 2.45) is 0 Å². The number of phosphoric ester groups is 2. The molecule has 0 spiro atoms. The Morgan fingerprint density at radius 1 is 0.284 bits per heavy atom. The quantitative estimate of drug-likeness (QED) is 0.0169. The summed E-state index contributed by atoms with van der Waals surface area (Å²) >= 11 is 0. The summed E-state index contributed by atoms with van der Waals surface area (Å²) in [6.45, 7) is 4.58. The van der Waals surface area contributed by atoms with Crippen molar-refractivity contribution in [3.63, 3.8) is 0 Å². The first-order valence-electron chi connectivity index (χ1n) is 39.4. The molecule has 0 bridgehead atoms. The van der Waals surface area contributed by atoms with Gasteiger partial charge in [0, 0.05) is 25.7 Å². The Hall–Kier alpha value is -4.80. The Morgan fingerprint density at radius 2 is 0.520 bits per heavy atom. The van der Waals surface area contributed by atoms with Crippen LogP contribution in [0.1, 0.15) is 310 Å². The van der Waals surface area contributed by atoms with Crippen LogP contribution in [0.5, 0.6) is 0 Å². The molecule has 0 saturated carbocycles. The molecule has 584 valence electrons. The highest BCUT2D eigenvalue weighted by Crippen LogP contribution is 2.45. The zero-order chi connectivity index (χ0) is 74.6. The second-order valence-corrected chi connectivity index (χ2v) is 28.8. The number of unbranched alkanes of at least 4 members (excludes halogenated alkanes) is 25. The first-order valence-corrected chi connectivity index (χ1v) is 42.4. The number of allylic oxidation sites excluding steroid dienone is 22. The number of carbonyl (C=O) groups excluding carboxylic acids is 4. The van der Waals surface area contributed by atoms with Crippen LogP contribution < -0.4 is 0 Å². The fourth-order valence-corrected chi connectivity index (χ4v) is 11.6. The van der Waals surface area contributed by atoms with Gasteiger partial charge in [-0.1, -0.05) is 258 Å². The molecule has 19 heteroatoms. The van der Waals surface area contributed by atoms with Crippen molar-refractivity contribution in [2.75, 3.05) is 39.6 Å². The third-order valence-electron chi connectivity index (χ3n) is 16.1. The predicted octanol–water partition coefficient (Wildman–Crippen LogP) is 22.9. The number of ether oxygens (including phenoxy) is 4. The van der Waals surface area contributed by atoms with Crippen LogP contribution in [0.2, 0.25) is 0 Å². The third-order valence-corrected chi connectivity index (χ3v) is 18.0. The molecule has 0 heterocycles. The van der Waals surface area contributed by atoms with Crippen LogP contribution in [0.3, 0.4) is 0 Å². The normalized spacial score (nSPS) is 14.6. The summed E-state index contributed by atoms with van der Waals surface area (Å²) in [4.78, 5) is 72.9. The topological polar surface area (TPSA) is 237 Å². The molecule has 3 N–H and O–H groups in total. The minimum atomic E-state index is -5.00. The number of esters is 4. The van der Waals surface area contributed by atoms with E-state index in [0.29, 0.717) is 32.1 Å². The number of aliphatic hydroxyl groups is 1. The Morgan fingerprint density at radius 3 is 0.863 bits per heavy atom. The molecule has 0 saturated heterocycles. The van der Waals surface area contributed by atoms with Gasteiger partial charge in [-0.25, -0.2) is 9.13 Å². The van der Waals surface area contributed by atoms with Crippen LogP contribution in [0.15, 0.2) is 134 Å². The van der Waals surface area contributed by atoms with Gasteiger partial charge in [-0.05, 0) is 161 Å². The number of hydrogen-bond acceptors (Lipinski definition) is 15. The van der Waals surface area contributed by atoms with E-state index in [0.717, 1.165) is 154 Å². The lowest BCUT2D eigenvalue weighted by Crippen LogP contribution is -2.30. The smallest absolute Gasteiger partial charge is 0.462 e. The standard InChI is InChI=1S/C83H140O17P2/c1-5-9-13-17-21-25-29-33-35-37-38-40-41-45-48-52-56-60-64-68-81(86)94-74-78(99-82(87)69-65-61-57-53-49-44-32-28-24-20-16-12-8-4)75-97-101(89,90)95-71-77(84)72-96-102(91,92)98-76-79(73-93-80(85)67-63-59-55-51-47-43-31-27-23-19-15-11-7-3)100-83(88)70-66-62-58-54-50-46-42-39-36-34-30-26-22-18-14-10-6-2/h9,13,21-22,25-28,31-36,38,40,42,45-46,48,54,58,77-79,84H,5-8,10-12,14-20,23-24,29-30,37,39,41,43-44,47,49-53,55-57,59-76H2,1-4H3,(H,89,90)(H,91,92)/b13-9-,25-21-,26-22-,31-27-,32-28-,35-33-,36-34-,40-38-,46-42-,48-45-,58-54-/t77-,78-,79-/m1/s1. The van der Waals surface area contributed by atoms with E-state index >= 15 is 0 Å². The van der Waals surface area contributed by atoms with E-state index in [4.69, 9.17) is 37.0 Å². The Bertz CT molecular complexity index is 2460. The van der Waals surface area contributed by atoms with Crippen molar-refractivity contribution in [3.05, 3.63) is 134 Å². The number of rotatable bonds is 73. The van der Waals surface area contributed by atoms with Crippen molar-refractivity contribution in [2.45, 2.75) is 329 Å². The third kappa shape index (κ3) is 73.5. The van der Waals surface area contributed by atoms with E-state index < -0.39 is 97.5 Å². The van der Waals surface area contributed by atoms with Gasteiger partial charge in [0.25, 0.3) is 0 Å². The highest BCUT2D eigenvalue weighted by atomic mass is 31.2. The van der Waals surface area contributed by atoms with Crippen LogP contribution in [-0.4, -0.2) is 96.7 Å². The van der Waals surface area contributed by atoms with Crippen molar-refractivity contribution in [3.8, 4) is 0 Å². The molecule has 0 aromatic rings. The summed E-state index contributed by atoms with van der Waals surface area (Å²) in [7, 11) is -9.99. The van der Waals surface area contributed by atoms with Crippen molar-refractivity contribution in [1.82, 2.24) is 0 Å². The minimum absolute atomic E-state index is 0.0147. The van der Waals surface area contributed by atoms with Gasteiger partial charge in [-0.2, -0.15) is 0 Å². The zero-order valence-corrected chi connectivity index (χ0v) is 65.5. The highest BCUT2D eigenvalue weighted by Gasteiger charge is 2.30.